The van der Waals surface area contributed by atoms with Gasteiger partial charge in [0.1, 0.15) is 72.5 Å². The van der Waals surface area contributed by atoms with Crippen molar-refractivity contribution in [2.24, 2.45) is 22.9 Å². The first-order valence-corrected chi connectivity index (χ1v) is 39.8. The number of amides is 14. The molecule has 15 atom stereocenters. The molecule has 0 aliphatic carbocycles. The summed E-state index contributed by atoms with van der Waals surface area (Å²) in [6, 6.07) is 9.57. The normalized spacial score (nSPS) is 23.5. The number of H-pyrrole nitrogens is 1. The van der Waals surface area contributed by atoms with E-state index < -0.39 is 210 Å². The maximum absolute atomic E-state index is 15.4. The Bertz CT molecular complexity index is 4130. The summed E-state index contributed by atoms with van der Waals surface area (Å²) in [5, 5.41) is 76.1. The first kappa shape index (κ1) is 95.5. The summed E-state index contributed by atoms with van der Waals surface area (Å²) in [6.45, 7) is 1.88. The minimum Gasteiger partial charge on any atom is -0.480 e. The molecule has 40 heteroatoms. The standard InChI is InChI=1S/C76H104N18O19S2.H3N/c1-41(79)64(100)82-37-61(99)83-58-39-114-115-40-59(76(112)113)92-72(108)57(38-95)91-75(111)63(43(3)97)94-71(107)54(33-46-23-11-6-12-24-46)90-74(110)62(42(2)96)93-66(102)51(28-16-18-30-78)84-69(105)55(34-47-36-81-49-26-14-13-25-48(47)49)88-68(104)53(32-45-21-9-5-10-22-45)86-67(103)52(31-44-19-7-4-8-20-44)87-70(106)56(35-60(80)98)89-65(101)50(85-73(58)109)27-15-17-29-77;/h4-14,19-26,36,41-43,50-59,62-63,81,95-97H,15-18,27-35,37-40,77-79H2,1-3H3,(H2,80,98)(H,82,100)(H,83,99)(H,84,105)(H,85,109)(H,86,103)(H,87,106)(H,88,104)(H,89,101)(H,90,110)(H,91,111)(H,92,108)(H,93,102)(H,94,107)(H,112,113);1H3/t41-,42?,43?,50-,51-,52-,53-,54-,55-,56-,57-,58-,59-,62-,63-;/m0./s1. The highest BCUT2D eigenvalue weighted by molar-refractivity contribution is 8.76. The van der Waals surface area contributed by atoms with Crippen LogP contribution in [0.1, 0.15) is 88.0 Å². The maximum Gasteiger partial charge on any atom is 0.327 e. The number of benzene rings is 4. The summed E-state index contributed by atoms with van der Waals surface area (Å²) in [6.07, 6.45) is -3.48. The fraction of sp³-hybridized carbons (Fsp3) is 0.461. The predicted molar refractivity (Wildman–Crippen MR) is 430 cm³/mol. The predicted octanol–water partition coefficient (Wildman–Crippen LogP) is -4.75. The number of hydrogen-bond acceptors (Lipinski definition) is 24. The molecule has 6 rings (SSSR count). The number of nitrogens with one attached hydrogen (secondary N) is 14. The fourth-order valence-corrected chi connectivity index (χ4v) is 14.3. The topological polar surface area (TPSA) is 648 Å². The van der Waals surface area contributed by atoms with E-state index in [2.05, 4.69) is 74.1 Å². The van der Waals surface area contributed by atoms with E-state index in [-0.39, 0.29) is 77.0 Å². The number of carboxylic acids is 1. The van der Waals surface area contributed by atoms with Crippen LogP contribution in [0.5, 0.6) is 0 Å². The van der Waals surface area contributed by atoms with Crippen molar-refractivity contribution in [2.75, 3.05) is 37.7 Å². The van der Waals surface area contributed by atoms with Gasteiger partial charge in [0.05, 0.1) is 37.8 Å². The van der Waals surface area contributed by atoms with Gasteiger partial charge >= 0.3 is 5.97 Å². The van der Waals surface area contributed by atoms with Crippen LogP contribution in [0.3, 0.4) is 0 Å². The molecule has 1 saturated heterocycles. The van der Waals surface area contributed by atoms with Crippen LogP contribution in [0, 0.1) is 0 Å². The summed E-state index contributed by atoms with van der Waals surface area (Å²) < 4.78 is 0. The molecular weight excluding hydrogens is 1550 g/mol. The minimum atomic E-state index is -1.99. The van der Waals surface area contributed by atoms with Crippen molar-refractivity contribution in [2.45, 2.75) is 182 Å². The van der Waals surface area contributed by atoms with Gasteiger partial charge in [-0.1, -0.05) is 131 Å². The number of aromatic amines is 1. The monoisotopic (exact) mass is 1650 g/mol. The highest BCUT2D eigenvalue weighted by Crippen LogP contribution is 2.25. The van der Waals surface area contributed by atoms with Crippen molar-refractivity contribution in [3.8, 4) is 0 Å². The number of aliphatic hydroxyl groups is 3. The van der Waals surface area contributed by atoms with E-state index in [1.807, 2.05) is 0 Å². The van der Waals surface area contributed by atoms with Crippen LogP contribution in [0.2, 0.25) is 0 Å². The molecule has 38 nitrogen and oxygen atoms in total. The molecule has 1 aromatic heterocycles. The van der Waals surface area contributed by atoms with Gasteiger partial charge in [-0.25, -0.2) is 4.79 Å². The molecule has 5 aromatic rings. The van der Waals surface area contributed by atoms with Crippen molar-refractivity contribution in [3.05, 3.63) is 144 Å². The number of hydrogen-bond donors (Lipinski definition) is 23. The second-order valence-electron chi connectivity index (χ2n) is 27.6. The molecule has 4 aromatic carbocycles. The van der Waals surface area contributed by atoms with Gasteiger partial charge in [-0.2, -0.15) is 0 Å². The lowest BCUT2D eigenvalue weighted by Gasteiger charge is -2.29. The van der Waals surface area contributed by atoms with Crippen molar-refractivity contribution in [1.82, 2.24) is 80.3 Å². The van der Waals surface area contributed by atoms with E-state index in [4.69, 9.17) is 22.9 Å². The average Bonchev–Trinajstić information content (AvgIpc) is 1.77. The first-order valence-electron chi connectivity index (χ1n) is 37.4. The summed E-state index contributed by atoms with van der Waals surface area (Å²) >= 11 is 0. The largest absolute Gasteiger partial charge is 0.480 e. The van der Waals surface area contributed by atoms with Gasteiger partial charge in [-0.15, -0.1) is 0 Å². The number of aliphatic hydroxyl groups excluding tert-OH is 3. The van der Waals surface area contributed by atoms with E-state index in [9.17, 15) is 78.0 Å². The number of carboxylic acid groups (broad SMARTS) is 1. The Balaban J connectivity index is 0.0000240. The van der Waals surface area contributed by atoms with Crippen LogP contribution in [-0.2, 0) is 97.6 Å². The number of unbranched alkanes of at least 4 members (excludes halogenated alkanes) is 2. The Hall–Kier alpha value is -11.1. The number of rotatable bonds is 26. The Morgan fingerprint density at radius 3 is 1.30 bits per heavy atom. The number of primary amides is 1. The number of para-hydroxylation sites is 1. The van der Waals surface area contributed by atoms with Crippen LogP contribution < -0.4 is 98.2 Å². The van der Waals surface area contributed by atoms with E-state index in [0.29, 0.717) is 39.6 Å². The number of aromatic nitrogens is 1. The zero-order valence-corrected chi connectivity index (χ0v) is 66.1. The molecule has 1 fully saturated rings. The molecule has 116 heavy (non-hydrogen) atoms. The molecule has 1 aliphatic rings. The second kappa shape index (κ2) is 49.0. The van der Waals surface area contributed by atoms with Crippen LogP contribution in [0.15, 0.2) is 121 Å². The third kappa shape index (κ3) is 31.2. The summed E-state index contributed by atoms with van der Waals surface area (Å²) in [7, 11) is 1.49. The lowest BCUT2D eigenvalue weighted by molar-refractivity contribution is -0.142. The highest BCUT2D eigenvalue weighted by atomic mass is 33.1. The van der Waals surface area contributed by atoms with Gasteiger partial charge in [0.25, 0.3) is 0 Å². The number of carbonyl (C=O) groups is 15. The van der Waals surface area contributed by atoms with Gasteiger partial charge < -0.3 is 124 Å². The Labute approximate surface area is 677 Å². The van der Waals surface area contributed by atoms with Crippen molar-refractivity contribution < 1.29 is 92.3 Å². The zero-order valence-electron chi connectivity index (χ0n) is 64.5. The third-order valence-corrected chi connectivity index (χ3v) is 20.7. The van der Waals surface area contributed by atoms with Gasteiger partial charge in [0, 0.05) is 54.3 Å². The second-order valence-corrected chi connectivity index (χ2v) is 30.1. The Morgan fingerprint density at radius 1 is 0.474 bits per heavy atom. The average molecular weight is 1650 g/mol. The quantitative estimate of drug-likeness (QED) is 0.0183. The van der Waals surface area contributed by atoms with Gasteiger partial charge in [0.15, 0.2) is 0 Å². The Morgan fingerprint density at radius 2 is 0.853 bits per heavy atom. The van der Waals surface area contributed by atoms with Crippen molar-refractivity contribution in [1.29, 1.82) is 0 Å². The minimum absolute atomic E-state index is 0. The molecule has 0 spiro atoms. The van der Waals surface area contributed by atoms with Crippen LogP contribution in [0.25, 0.3) is 10.9 Å². The number of aliphatic carboxylic acids is 1. The SMILES string of the molecule is CC(O)[C@@H]1NC(=O)[C@H](Cc2ccccc2)NC(=O)[C@H](C(C)O)NC(=O)[C@H](CCCCN)NC(=O)[C@H](Cc2c[nH]c3ccccc23)NC(=O)[C@H](Cc2ccccc2)NC(=O)[C@H](Cc2ccccc2)NC(=O)[C@H](CC(N)=O)NC(=O)[C@H](CCCCN)NC(=O)[C@@H](NC(=O)CNC(=O)[C@H](C)N)CSSC[C@@H](C(=O)O)NC(=O)[C@H](CO)NC1=O.N. The molecular formula is C76H107N19O19S2. The van der Waals surface area contributed by atoms with E-state index in [1.54, 1.807) is 121 Å². The number of nitrogens with two attached hydrogens (primary N) is 4. The summed E-state index contributed by atoms with van der Waals surface area (Å²) in [5.74, 6) is -17.7. The molecule has 1 aliphatic heterocycles. The highest BCUT2D eigenvalue weighted by Gasteiger charge is 2.40. The lowest BCUT2D eigenvalue weighted by atomic mass is 10.00. The smallest absolute Gasteiger partial charge is 0.327 e. The molecule has 14 amide bonds. The van der Waals surface area contributed by atoms with E-state index in [0.717, 1.165) is 35.4 Å². The van der Waals surface area contributed by atoms with Gasteiger partial charge in [-0.3, -0.25) is 67.1 Å². The summed E-state index contributed by atoms with van der Waals surface area (Å²) in [4.78, 5) is 217. The molecule has 0 bridgehead atoms. The molecule has 632 valence electrons. The fourth-order valence-electron chi connectivity index (χ4n) is 11.9. The third-order valence-electron chi connectivity index (χ3n) is 18.3. The van der Waals surface area contributed by atoms with Gasteiger partial charge in [-0.05, 0) is 101 Å². The molecule has 2 heterocycles. The van der Waals surface area contributed by atoms with Crippen molar-refractivity contribution in [3.63, 3.8) is 0 Å². The van der Waals surface area contributed by atoms with E-state index >= 15 is 14.4 Å². The van der Waals surface area contributed by atoms with Gasteiger partial charge in [0.2, 0.25) is 82.7 Å². The molecule has 2 unspecified atom stereocenters. The number of fused-ring (bicyclic) bond motifs is 1. The van der Waals surface area contributed by atoms with Crippen LogP contribution in [-0.4, -0.2) is 243 Å². The Kier molecular flexibility index (Phi) is 40.3. The van der Waals surface area contributed by atoms with Crippen molar-refractivity contribution >= 4 is 121 Å². The maximum atomic E-state index is 15.4. The number of carbonyl (C=O) groups excluding carboxylic acids is 14. The zero-order chi connectivity index (χ0) is 84.3. The molecule has 0 saturated carbocycles. The van der Waals surface area contributed by atoms with E-state index in [1.165, 1.54) is 6.92 Å². The van der Waals surface area contributed by atoms with Crippen LogP contribution in [0.4, 0.5) is 0 Å². The first-order chi connectivity index (χ1) is 54.9. The lowest BCUT2D eigenvalue weighted by Crippen LogP contribution is -2.63. The molecule has 29 N–H and O–H groups in total. The molecule has 0 radical (unpaired) electrons. The van der Waals surface area contributed by atoms with Crippen LogP contribution >= 0.6 is 21.6 Å². The summed E-state index contributed by atoms with van der Waals surface area (Å²) in [5.41, 5.74) is 25.6.